The van der Waals surface area contributed by atoms with Crippen molar-refractivity contribution in [3.8, 4) is 0 Å². The summed E-state index contributed by atoms with van der Waals surface area (Å²) in [6, 6.07) is 12.9. The van der Waals surface area contributed by atoms with E-state index in [1.807, 2.05) is 37.3 Å². The van der Waals surface area contributed by atoms with Crippen molar-refractivity contribution >= 4 is 22.6 Å². The predicted octanol–water partition coefficient (Wildman–Crippen LogP) is 2.06. The van der Waals surface area contributed by atoms with Crippen LogP contribution in [0.5, 0.6) is 0 Å². The highest BCUT2D eigenvalue weighted by Crippen LogP contribution is 2.15. The van der Waals surface area contributed by atoms with Crippen molar-refractivity contribution in [3.05, 3.63) is 76.6 Å². The summed E-state index contributed by atoms with van der Waals surface area (Å²) in [7, 11) is 0. The third kappa shape index (κ3) is 2.55. The number of benzene rings is 1. The van der Waals surface area contributed by atoms with Gasteiger partial charge in [0, 0.05) is 6.20 Å². The van der Waals surface area contributed by atoms with Crippen molar-refractivity contribution in [2.75, 3.05) is 0 Å². The van der Waals surface area contributed by atoms with Crippen LogP contribution in [0, 0.1) is 0 Å². The maximum absolute atomic E-state index is 12.6. The molecule has 0 fully saturated rings. The number of imidazole rings is 1. The fourth-order valence-corrected chi connectivity index (χ4v) is 2.85. The zero-order valence-electron chi connectivity index (χ0n) is 13.4. The Kier molecular flexibility index (Phi) is 3.53. The fraction of sp³-hybridized carbons (Fsp3) is 0.111. The van der Waals surface area contributed by atoms with Crippen molar-refractivity contribution in [2.45, 2.75) is 13.0 Å². The number of rotatable bonds is 3. The van der Waals surface area contributed by atoms with Gasteiger partial charge in [0.25, 0.3) is 11.5 Å². The van der Waals surface area contributed by atoms with Crippen molar-refractivity contribution in [2.24, 2.45) is 0 Å². The Morgan fingerprint density at radius 2 is 1.96 bits per heavy atom. The van der Waals surface area contributed by atoms with E-state index in [-0.39, 0.29) is 22.8 Å². The molecule has 3 aromatic heterocycles. The van der Waals surface area contributed by atoms with E-state index in [0.717, 1.165) is 5.56 Å². The van der Waals surface area contributed by atoms with Crippen LogP contribution in [0.1, 0.15) is 29.0 Å². The summed E-state index contributed by atoms with van der Waals surface area (Å²) in [5, 5.41) is 2.88. The molecule has 0 unspecified atom stereocenters. The van der Waals surface area contributed by atoms with Gasteiger partial charge in [0.1, 0.15) is 11.8 Å². The van der Waals surface area contributed by atoms with Crippen LogP contribution < -0.4 is 10.9 Å². The molecule has 0 radical (unpaired) electrons. The maximum atomic E-state index is 12.6. The van der Waals surface area contributed by atoms with Gasteiger partial charge in [-0.05, 0) is 24.6 Å². The highest BCUT2D eigenvalue weighted by atomic mass is 16.2. The smallest absolute Gasteiger partial charge is 0.275 e. The van der Waals surface area contributed by atoms with Crippen LogP contribution in [0.2, 0.25) is 0 Å². The summed E-state index contributed by atoms with van der Waals surface area (Å²) >= 11 is 0. The Hall–Kier alpha value is -3.48. The second-order valence-corrected chi connectivity index (χ2v) is 5.75. The fourth-order valence-electron chi connectivity index (χ4n) is 2.85. The lowest BCUT2D eigenvalue weighted by atomic mass is 10.1. The number of aromatic nitrogens is 4. The predicted molar refractivity (Wildman–Crippen MR) is 93.4 cm³/mol. The highest BCUT2D eigenvalue weighted by Gasteiger charge is 2.20. The summed E-state index contributed by atoms with van der Waals surface area (Å²) in [5.41, 5.74) is 1.98. The average Bonchev–Trinajstić information content (AvgIpc) is 3.09. The lowest BCUT2D eigenvalue weighted by Crippen LogP contribution is -2.28. The van der Waals surface area contributed by atoms with Crippen molar-refractivity contribution in [3.63, 3.8) is 0 Å². The zero-order valence-corrected chi connectivity index (χ0v) is 13.4. The average molecular weight is 333 g/mol. The standard InChI is InChI=1S/C18H15N5O2/c1-11(12-6-3-2-4-7-12)21-17(24)14-15-18(25)22-13-8-5-9-19-16(13)23(15)10-20-14/h2-11H,1H3,(H,21,24)(H,22,25)/t11-/m1/s1. The lowest BCUT2D eigenvalue weighted by molar-refractivity contribution is 0.0937. The molecule has 1 amide bonds. The minimum Gasteiger partial charge on any atom is -0.344 e. The van der Waals surface area contributed by atoms with Crippen molar-refractivity contribution < 1.29 is 4.79 Å². The number of fused-ring (bicyclic) bond motifs is 3. The Labute approximate surface area is 142 Å². The number of hydrogen-bond acceptors (Lipinski definition) is 4. The van der Waals surface area contributed by atoms with E-state index in [0.29, 0.717) is 11.2 Å². The molecule has 0 bridgehead atoms. The zero-order chi connectivity index (χ0) is 17.4. The van der Waals surface area contributed by atoms with Crippen molar-refractivity contribution in [1.82, 2.24) is 24.7 Å². The molecule has 124 valence electrons. The Bertz CT molecular complexity index is 1130. The molecule has 2 N–H and O–H groups in total. The third-order valence-electron chi connectivity index (χ3n) is 4.11. The Balaban J connectivity index is 1.76. The van der Waals surface area contributed by atoms with E-state index in [1.165, 1.54) is 10.7 Å². The molecule has 0 aliphatic carbocycles. The van der Waals surface area contributed by atoms with E-state index >= 15 is 0 Å². The van der Waals surface area contributed by atoms with Gasteiger partial charge >= 0.3 is 0 Å². The number of aromatic amines is 1. The summed E-state index contributed by atoms with van der Waals surface area (Å²) in [6.45, 7) is 1.88. The molecule has 4 rings (SSSR count). The molecule has 1 aromatic carbocycles. The first-order chi connectivity index (χ1) is 12.1. The summed E-state index contributed by atoms with van der Waals surface area (Å²) in [4.78, 5) is 36.2. The first kappa shape index (κ1) is 15.1. The van der Waals surface area contributed by atoms with Gasteiger partial charge in [-0.15, -0.1) is 0 Å². The molecule has 0 aliphatic rings. The number of nitrogens with one attached hydrogen (secondary N) is 2. The number of H-pyrrole nitrogens is 1. The second kappa shape index (κ2) is 5.86. The van der Waals surface area contributed by atoms with Crippen molar-refractivity contribution in [1.29, 1.82) is 0 Å². The lowest BCUT2D eigenvalue weighted by Gasteiger charge is -2.13. The van der Waals surface area contributed by atoms with Gasteiger partial charge in [-0.25, -0.2) is 9.97 Å². The monoisotopic (exact) mass is 333 g/mol. The molecular formula is C18H15N5O2. The van der Waals surface area contributed by atoms with Gasteiger partial charge in [-0.3, -0.25) is 14.0 Å². The number of nitrogens with zero attached hydrogens (tertiary/aromatic N) is 3. The molecule has 0 saturated carbocycles. The van der Waals surface area contributed by atoms with Crippen LogP contribution in [0.25, 0.3) is 16.7 Å². The first-order valence-corrected chi connectivity index (χ1v) is 7.85. The number of hydrogen-bond donors (Lipinski definition) is 2. The minimum atomic E-state index is -0.403. The first-order valence-electron chi connectivity index (χ1n) is 7.85. The maximum Gasteiger partial charge on any atom is 0.275 e. The van der Waals surface area contributed by atoms with E-state index in [1.54, 1.807) is 18.3 Å². The largest absolute Gasteiger partial charge is 0.344 e. The summed E-state index contributed by atoms with van der Waals surface area (Å²) in [6.07, 6.45) is 3.07. The molecule has 0 saturated heterocycles. The van der Waals surface area contributed by atoms with Crippen LogP contribution in [0.3, 0.4) is 0 Å². The molecule has 4 aromatic rings. The van der Waals surface area contributed by atoms with Gasteiger partial charge in [0.15, 0.2) is 11.3 Å². The van der Waals surface area contributed by atoms with Crippen LogP contribution in [0.15, 0.2) is 59.8 Å². The molecule has 1 atom stereocenters. The molecule has 7 heteroatoms. The molecule has 0 spiro atoms. The minimum absolute atomic E-state index is 0.0802. The van der Waals surface area contributed by atoms with Crippen LogP contribution in [0.4, 0.5) is 0 Å². The molecule has 25 heavy (non-hydrogen) atoms. The SMILES string of the molecule is C[C@@H](NC(=O)c1ncn2c1c(=O)[nH]c1cccnc12)c1ccccc1. The van der Waals surface area contributed by atoms with Crippen LogP contribution >= 0.6 is 0 Å². The van der Waals surface area contributed by atoms with Gasteiger partial charge in [-0.1, -0.05) is 30.3 Å². The quantitative estimate of drug-likeness (QED) is 0.600. The third-order valence-corrected chi connectivity index (χ3v) is 4.11. The van der Waals surface area contributed by atoms with Crippen LogP contribution in [-0.4, -0.2) is 25.3 Å². The number of amides is 1. The van der Waals surface area contributed by atoms with E-state index in [4.69, 9.17) is 0 Å². The second-order valence-electron chi connectivity index (χ2n) is 5.75. The van der Waals surface area contributed by atoms with E-state index in [9.17, 15) is 9.59 Å². The molecular weight excluding hydrogens is 318 g/mol. The topological polar surface area (TPSA) is 92.2 Å². The van der Waals surface area contributed by atoms with E-state index in [2.05, 4.69) is 20.3 Å². The summed E-state index contributed by atoms with van der Waals surface area (Å²) in [5.74, 6) is -0.403. The van der Waals surface area contributed by atoms with Gasteiger partial charge in [-0.2, -0.15) is 0 Å². The normalized spacial score (nSPS) is 12.4. The van der Waals surface area contributed by atoms with Gasteiger partial charge in [0.05, 0.1) is 11.6 Å². The van der Waals surface area contributed by atoms with Crippen LogP contribution in [-0.2, 0) is 0 Å². The molecule has 0 aliphatic heterocycles. The van der Waals surface area contributed by atoms with E-state index < -0.39 is 5.91 Å². The Morgan fingerprint density at radius 3 is 2.76 bits per heavy atom. The molecule has 7 nitrogen and oxygen atoms in total. The van der Waals surface area contributed by atoms with Gasteiger partial charge < -0.3 is 10.3 Å². The number of carbonyl (C=O) groups is 1. The molecule has 3 heterocycles. The summed E-state index contributed by atoms with van der Waals surface area (Å²) < 4.78 is 1.54. The highest BCUT2D eigenvalue weighted by molar-refractivity contribution is 5.99. The van der Waals surface area contributed by atoms with Gasteiger partial charge in [0.2, 0.25) is 0 Å². The number of carbonyl (C=O) groups excluding carboxylic acids is 1. The number of pyridine rings is 1. The Morgan fingerprint density at radius 1 is 1.16 bits per heavy atom.